The number of anilines is 1. The highest BCUT2D eigenvalue weighted by Gasteiger charge is 2.12. The maximum absolute atomic E-state index is 10.8. The highest BCUT2D eigenvalue weighted by atomic mass is 79.9. The summed E-state index contributed by atoms with van der Waals surface area (Å²) in [5, 5.41) is 8.84. The molecule has 14 heavy (non-hydrogen) atoms. The third-order valence-corrected chi connectivity index (χ3v) is 2.38. The molecule has 0 amide bonds. The van der Waals surface area contributed by atoms with Crippen molar-refractivity contribution in [2.45, 2.75) is 0 Å². The van der Waals surface area contributed by atoms with Crippen LogP contribution in [0.1, 0.15) is 10.5 Å². The van der Waals surface area contributed by atoms with Crippen LogP contribution in [0.2, 0.25) is 0 Å². The van der Waals surface area contributed by atoms with Gasteiger partial charge in [0.1, 0.15) is 0 Å². The van der Waals surface area contributed by atoms with Crippen LogP contribution in [-0.4, -0.2) is 20.5 Å². The number of nitrogens with two attached hydrogens (primary N) is 1. The first-order chi connectivity index (χ1) is 6.59. The fourth-order valence-electron chi connectivity index (χ4n) is 1.22. The molecular formula is C8H6BrN3O2. The van der Waals surface area contributed by atoms with E-state index in [0.29, 0.717) is 15.8 Å². The first kappa shape index (κ1) is 9.01. The average molecular weight is 256 g/mol. The Morgan fingerprint density at radius 3 is 3.00 bits per heavy atom. The number of nitrogen functional groups attached to an aromatic ring is 1. The molecule has 0 saturated carbocycles. The first-order valence-corrected chi connectivity index (χ1v) is 4.54. The third-order valence-electron chi connectivity index (χ3n) is 1.80. The second kappa shape index (κ2) is 2.98. The Balaban J connectivity index is 2.85. The van der Waals surface area contributed by atoms with Crippen LogP contribution >= 0.6 is 15.9 Å². The van der Waals surface area contributed by atoms with Crippen molar-refractivity contribution in [2.75, 3.05) is 5.73 Å². The predicted molar refractivity (Wildman–Crippen MR) is 54.3 cm³/mol. The summed E-state index contributed by atoms with van der Waals surface area (Å²) in [5.74, 6) is -1.03. The molecule has 0 aliphatic carbocycles. The molecule has 0 saturated heterocycles. The Labute approximate surface area is 87.3 Å². The van der Waals surface area contributed by atoms with Gasteiger partial charge in [0.05, 0.1) is 10.7 Å². The molecule has 0 aliphatic rings. The monoisotopic (exact) mass is 255 g/mol. The van der Waals surface area contributed by atoms with Crippen molar-refractivity contribution >= 4 is 33.2 Å². The highest BCUT2D eigenvalue weighted by Crippen LogP contribution is 2.21. The summed E-state index contributed by atoms with van der Waals surface area (Å²) in [4.78, 5) is 14.7. The molecule has 0 bridgehead atoms. The smallest absolute Gasteiger partial charge is 0.354 e. The molecule has 2 rings (SSSR count). The number of fused-ring (bicyclic) bond motifs is 1. The van der Waals surface area contributed by atoms with Gasteiger partial charge in [-0.1, -0.05) is 0 Å². The number of pyridine rings is 1. The van der Waals surface area contributed by atoms with E-state index in [4.69, 9.17) is 10.8 Å². The Bertz CT molecular complexity index is 521. The minimum absolute atomic E-state index is 0.0907. The quantitative estimate of drug-likeness (QED) is 0.807. The number of carboxylic acid groups (broad SMARTS) is 1. The van der Waals surface area contributed by atoms with Crippen LogP contribution in [0.25, 0.3) is 5.65 Å². The van der Waals surface area contributed by atoms with Crippen LogP contribution in [0, 0.1) is 0 Å². The normalized spacial score (nSPS) is 10.6. The number of carboxylic acids is 1. The molecule has 0 atom stereocenters. The van der Waals surface area contributed by atoms with Crippen molar-refractivity contribution in [1.29, 1.82) is 0 Å². The summed E-state index contributed by atoms with van der Waals surface area (Å²) in [5.41, 5.74) is 6.69. The van der Waals surface area contributed by atoms with Gasteiger partial charge in [0.25, 0.3) is 0 Å². The van der Waals surface area contributed by atoms with Gasteiger partial charge < -0.3 is 10.8 Å². The summed E-state index contributed by atoms with van der Waals surface area (Å²) in [7, 11) is 0. The van der Waals surface area contributed by atoms with Crippen LogP contribution in [0.3, 0.4) is 0 Å². The van der Waals surface area contributed by atoms with Crippen molar-refractivity contribution < 1.29 is 9.90 Å². The zero-order valence-corrected chi connectivity index (χ0v) is 8.52. The molecule has 0 spiro atoms. The molecule has 2 heterocycles. The molecule has 0 unspecified atom stereocenters. The molecule has 72 valence electrons. The summed E-state index contributed by atoms with van der Waals surface area (Å²) in [6.45, 7) is 0. The lowest BCUT2D eigenvalue weighted by atomic mass is 10.4. The number of rotatable bonds is 1. The van der Waals surface area contributed by atoms with E-state index in [9.17, 15) is 4.79 Å². The molecule has 0 aromatic carbocycles. The molecule has 2 aromatic rings. The summed E-state index contributed by atoms with van der Waals surface area (Å²) < 4.78 is 2.10. The fourth-order valence-corrected chi connectivity index (χ4v) is 1.78. The van der Waals surface area contributed by atoms with Crippen LogP contribution in [-0.2, 0) is 0 Å². The number of carbonyl (C=O) groups is 1. The lowest BCUT2D eigenvalue weighted by Crippen LogP contribution is -2.02. The Kier molecular flexibility index (Phi) is 1.92. The van der Waals surface area contributed by atoms with Gasteiger partial charge in [-0.2, -0.15) is 0 Å². The van der Waals surface area contributed by atoms with E-state index in [2.05, 4.69) is 20.9 Å². The van der Waals surface area contributed by atoms with Crippen LogP contribution in [0.5, 0.6) is 0 Å². The van der Waals surface area contributed by atoms with Crippen molar-refractivity contribution in [2.24, 2.45) is 0 Å². The van der Waals surface area contributed by atoms with E-state index in [0.717, 1.165) is 0 Å². The molecule has 0 fully saturated rings. The van der Waals surface area contributed by atoms with Gasteiger partial charge in [-0.3, -0.25) is 4.40 Å². The van der Waals surface area contributed by atoms with Gasteiger partial charge in [0, 0.05) is 11.9 Å². The van der Waals surface area contributed by atoms with Gasteiger partial charge in [-0.25, -0.2) is 9.78 Å². The van der Waals surface area contributed by atoms with Gasteiger partial charge in [0.2, 0.25) is 0 Å². The van der Waals surface area contributed by atoms with Gasteiger partial charge in [-0.05, 0) is 22.0 Å². The van der Waals surface area contributed by atoms with Crippen molar-refractivity contribution in [3.05, 3.63) is 28.6 Å². The SMILES string of the molecule is Nc1cc(Br)c2ncc(C(=O)O)n2c1. The average Bonchev–Trinajstić information content (AvgIpc) is 2.47. The van der Waals surface area contributed by atoms with Crippen molar-refractivity contribution in [3.63, 3.8) is 0 Å². The number of halogens is 1. The zero-order chi connectivity index (χ0) is 10.3. The van der Waals surface area contributed by atoms with Gasteiger partial charge in [-0.15, -0.1) is 0 Å². The van der Waals surface area contributed by atoms with Gasteiger partial charge in [0.15, 0.2) is 11.3 Å². The Morgan fingerprint density at radius 2 is 2.36 bits per heavy atom. The number of aromatic nitrogens is 2. The van der Waals surface area contributed by atoms with Crippen molar-refractivity contribution in [3.8, 4) is 0 Å². The third kappa shape index (κ3) is 1.24. The molecule has 2 aromatic heterocycles. The van der Waals surface area contributed by atoms with Crippen LogP contribution < -0.4 is 5.73 Å². The Morgan fingerprint density at radius 1 is 1.64 bits per heavy atom. The van der Waals surface area contributed by atoms with Crippen LogP contribution in [0.4, 0.5) is 5.69 Å². The maximum Gasteiger partial charge on any atom is 0.354 e. The molecule has 0 aliphatic heterocycles. The van der Waals surface area contributed by atoms with E-state index in [1.165, 1.54) is 16.8 Å². The van der Waals surface area contributed by atoms with E-state index < -0.39 is 5.97 Å². The maximum atomic E-state index is 10.8. The lowest BCUT2D eigenvalue weighted by Gasteiger charge is -2.00. The topological polar surface area (TPSA) is 80.6 Å². The standard InChI is InChI=1S/C8H6BrN3O2/c9-5-1-4(10)3-12-6(8(13)14)2-11-7(5)12/h1-3H,10H2,(H,13,14). The Hall–Kier alpha value is -1.56. The zero-order valence-electron chi connectivity index (χ0n) is 6.94. The minimum atomic E-state index is -1.03. The van der Waals surface area contributed by atoms with Gasteiger partial charge >= 0.3 is 5.97 Å². The number of nitrogens with zero attached hydrogens (tertiary/aromatic N) is 2. The molecule has 0 radical (unpaired) electrons. The largest absolute Gasteiger partial charge is 0.477 e. The number of hydrogen-bond acceptors (Lipinski definition) is 3. The molecular weight excluding hydrogens is 250 g/mol. The lowest BCUT2D eigenvalue weighted by molar-refractivity contribution is 0.0689. The summed E-state index contributed by atoms with van der Waals surface area (Å²) in [6.07, 6.45) is 2.82. The number of aromatic carboxylic acids is 1. The highest BCUT2D eigenvalue weighted by molar-refractivity contribution is 9.10. The minimum Gasteiger partial charge on any atom is -0.477 e. The number of imidazole rings is 1. The predicted octanol–water partition coefficient (Wildman–Crippen LogP) is 1.38. The summed E-state index contributed by atoms with van der Waals surface area (Å²) >= 11 is 3.25. The fraction of sp³-hybridized carbons (Fsp3) is 0. The second-order valence-electron chi connectivity index (χ2n) is 2.76. The summed E-state index contributed by atoms with van der Waals surface area (Å²) in [6, 6.07) is 1.67. The number of hydrogen-bond donors (Lipinski definition) is 2. The van der Waals surface area contributed by atoms with Crippen LogP contribution in [0.15, 0.2) is 22.9 Å². The second-order valence-corrected chi connectivity index (χ2v) is 3.62. The van der Waals surface area contributed by atoms with E-state index in [1.54, 1.807) is 6.07 Å². The van der Waals surface area contributed by atoms with E-state index in [-0.39, 0.29) is 5.69 Å². The van der Waals surface area contributed by atoms with E-state index >= 15 is 0 Å². The molecule has 5 nitrogen and oxygen atoms in total. The van der Waals surface area contributed by atoms with E-state index in [1.807, 2.05) is 0 Å². The first-order valence-electron chi connectivity index (χ1n) is 3.75. The molecule has 3 N–H and O–H groups in total. The van der Waals surface area contributed by atoms with Crippen molar-refractivity contribution in [1.82, 2.24) is 9.38 Å². The molecule has 6 heteroatoms.